The third-order valence-corrected chi connectivity index (χ3v) is 3.65. The van der Waals surface area contributed by atoms with Gasteiger partial charge in [-0.2, -0.15) is 0 Å². The van der Waals surface area contributed by atoms with Crippen molar-refractivity contribution in [2.75, 3.05) is 0 Å². The van der Waals surface area contributed by atoms with E-state index < -0.39 is 0 Å². The van der Waals surface area contributed by atoms with Crippen LogP contribution in [0, 0.1) is 0 Å². The maximum Gasteiger partial charge on any atom is 0.251 e. The molecular formula is C18H29NO. The Balaban J connectivity index is 2.42. The standard InChI is InChI=1S/C18H29NO/c1-4-6-8-9-15(3)19-18(20)17-13-11-16(12-14-17)10-7-5-2/h11-15H,4-10H2,1-3H3,(H,19,20). The zero-order chi connectivity index (χ0) is 14.8. The van der Waals surface area contributed by atoms with Crippen LogP contribution in [0.25, 0.3) is 0 Å². The van der Waals surface area contributed by atoms with Crippen molar-refractivity contribution < 1.29 is 4.79 Å². The van der Waals surface area contributed by atoms with E-state index in [-0.39, 0.29) is 11.9 Å². The average Bonchev–Trinajstić information content (AvgIpc) is 2.46. The minimum atomic E-state index is 0.0519. The van der Waals surface area contributed by atoms with Crippen molar-refractivity contribution in [3.63, 3.8) is 0 Å². The van der Waals surface area contributed by atoms with Crippen LogP contribution in [0.2, 0.25) is 0 Å². The zero-order valence-electron chi connectivity index (χ0n) is 13.2. The third-order valence-electron chi connectivity index (χ3n) is 3.65. The molecule has 1 aromatic carbocycles. The Morgan fingerprint density at radius 3 is 2.30 bits per heavy atom. The van der Waals surface area contributed by atoms with E-state index in [1.165, 1.54) is 37.7 Å². The van der Waals surface area contributed by atoms with Crippen LogP contribution in [0.1, 0.15) is 75.2 Å². The number of benzene rings is 1. The normalized spacial score (nSPS) is 12.2. The molecule has 1 atom stereocenters. The van der Waals surface area contributed by atoms with E-state index in [9.17, 15) is 4.79 Å². The van der Waals surface area contributed by atoms with Crippen molar-refractivity contribution in [1.29, 1.82) is 0 Å². The van der Waals surface area contributed by atoms with Gasteiger partial charge in [-0.25, -0.2) is 0 Å². The van der Waals surface area contributed by atoms with Crippen LogP contribution in [0.15, 0.2) is 24.3 Å². The van der Waals surface area contributed by atoms with Gasteiger partial charge in [-0.1, -0.05) is 51.7 Å². The van der Waals surface area contributed by atoms with Crippen molar-refractivity contribution in [1.82, 2.24) is 5.32 Å². The second-order valence-electron chi connectivity index (χ2n) is 5.67. The highest BCUT2D eigenvalue weighted by Gasteiger charge is 2.09. The third kappa shape index (κ3) is 6.23. The molecule has 1 rings (SSSR count). The second kappa shape index (κ2) is 9.57. The summed E-state index contributed by atoms with van der Waals surface area (Å²) in [4.78, 5) is 12.1. The molecule has 0 aliphatic rings. The summed E-state index contributed by atoms with van der Waals surface area (Å²) in [5, 5.41) is 3.08. The van der Waals surface area contributed by atoms with Crippen LogP contribution in [0.5, 0.6) is 0 Å². The number of aryl methyl sites for hydroxylation is 1. The Labute approximate surface area is 124 Å². The number of carbonyl (C=O) groups is 1. The Morgan fingerprint density at radius 1 is 1.05 bits per heavy atom. The number of carbonyl (C=O) groups excluding carboxylic acids is 1. The quantitative estimate of drug-likeness (QED) is 0.649. The molecule has 2 heteroatoms. The molecule has 1 unspecified atom stereocenters. The van der Waals surface area contributed by atoms with Gasteiger partial charge in [0.1, 0.15) is 0 Å². The smallest absolute Gasteiger partial charge is 0.251 e. The maximum absolute atomic E-state index is 12.1. The summed E-state index contributed by atoms with van der Waals surface area (Å²) in [7, 11) is 0. The summed E-state index contributed by atoms with van der Waals surface area (Å²) in [6.07, 6.45) is 8.23. The fraction of sp³-hybridized carbons (Fsp3) is 0.611. The minimum absolute atomic E-state index is 0.0519. The Bertz CT molecular complexity index is 383. The lowest BCUT2D eigenvalue weighted by atomic mass is 10.1. The zero-order valence-corrected chi connectivity index (χ0v) is 13.2. The summed E-state index contributed by atoms with van der Waals surface area (Å²) in [6.45, 7) is 6.48. The number of unbranched alkanes of at least 4 members (excludes halogenated alkanes) is 3. The summed E-state index contributed by atoms with van der Waals surface area (Å²) in [5.41, 5.74) is 2.09. The fourth-order valence-electron chi connectivity index (χ4n) is 2.28. The molecule has 0 aliphatic carbocycles. The molecule has 0 aliphatic heterocycles. The predicted molar refractivity (Wildman–Crippen MR) is 86.1 cm³/mol. The number of amides is 1. The van der Waals surface area contributed by atoms with Gasteiger partial charge in [-0.05, 0) is 43.9 Å². The molecule has 0 saturated carbocycles. The molecule has 0 spiro atoms. The van der Waals surface area contributed by atoms with Crippen LogP contribution in [-0.4, -0.2) is 11.9 Å². The van der Waals surface area contributed by atoms with Crippen molar-refractivity contribution in [2.24, 2.45) is 0 Å². The summed E-state index contributed by atoms with van der Waals surface area (Å²) < 4.78 is 0. The molecule has 0 aromatic heterocycles. The van der Waals surface area contributed by atoms with Gasteiger partial charge in [0.05, 0.1) is 0 Å². The van der Waals surface area contributed by atoms with Crippen LogP contribution in [0.3, 0.4) is 0 Å². The number of rotatable bonds is 9. The lowest BCUT2D eigenvalue weighted by molar-refractivity contribution is 0.0938. The highest BCUT2D eigenvalue weighted by molar-refractivity contribution is 5.94. The van der Waals surface area contributed by atoms with Gasteiger partial charge in [0.15, 0.2) is 0 Å². The average molecular weight is 275 g/mol. The molecular weight excluding hydrogens is 246 g/mol. The van der Waals surface area contributed by atoms with Crippen LogP contribution in [-0.2, 0) is 6.42 Å². The molecule has 0 heterocycles. The van der Waals surface area contributed by atoms with Crippen LogP contribution in [0.4, 0.5) is 0 Å². The van der Waals surface area contributed by atoms with Crippen molar-refractivity contribution in [3.8, 4) is 0 Å². The SMILES string of the molecule is CCCCCC(C)NC(=O)c1ccc(CCCC)cc1. The monoisotopic (exact) mass is 275 g/mol. The van der Waals surface area contributed by atoms with Crippen LogP contribution < -0.4 is 5.32 Å². The Kier molecular flexibility index (Phi) is 8.01. The second-order valence-corrected chi connectivity index (χ2v) is 5.67. The van der Waals surface area contributed by atoms with E-state index in [1.807, 2.05) is 12.1 Å². The van der Waals surface area contributed by atoms with Gasteiger partial charge < -0.3 is 5.32 Å². The molecule has 112 valence electrons. The van der Waals surface area contributed by atoms with E-state index in [4.69, 9.17) is 0 Å². The molecule has 1 amide bonds. The van der Waals surface area contributed by atoms with E-state index in [1.54, 1.807) is 0 Å². The lowest BCUT2D eigenvalue weighted by Crippen LogP contribution is -2.32. The highest BCUT2D eigenvalue weighted by atomic mass is 16.1. The largest absolute Gasteiger partial charge is 0.350 e. The molecule has 0 fully saturated rings. The summed E-state index contributed by atoms with van der Waals surface area (Å²) in [6, 6.07) is 8.30. The van der Waals surface area contributed by atoms with E-state index in [0.717, 1.165) is 18.4 Å². The molecule has 0 bridgehead atoms. The molecule has 1 aromatic rings. The molecule has 0 radical (unpaired) electrons. The number of hydrogen-bond acceptors (Lipinski definition) is 1. The molecule has 0 saturated heterocycles. The van der Waals surface area contributed by atoms with Gasteiger partial charge in [-0.15, -0.1) is 0 Å². The van der Waals surface area contributed by atoms with Crippen molar-refractivity contribution >= 4 is 5.91 Å². The number of nitrogens with one attached hydrogen (secondary N) is 1. The Morgan fingerprint density at radius 2 is 1.70 bits per heavy atom. The van der Waals surface area contributed by atoms with Gasteiger partial charge in [0, 0.05) is 11.6 Å². The first kappa shape index (κ1) is 16.7. The molecule has 20 heavy (non-hydrogen) atoms. The first-order chi connectivity index (χ1) is 9.67. The first-order valence-electron chi connectivity index (χ1n) is 8.07. The minimum Gasteiger partial charge on any atom is -0.350 e. The van der Waals surface area contributed by atoms with E-state index >= 15 is 0 Å². The van der Waals surface area contributed by atoms with Crippen molar-refractivity contribution in [3.05, 3.63) is 35.4 Å². The Hall–Kier alpha value is -1.31. The topological polar surface area (TPSA) is 29.1 Å². The molecule has 1 N–H and O–H groups in total. The highest BCUT2D eigenvalue weighted by Crippen LogP contribution is 2.09. The van der Waals surface area contributed by atoms with Gasteiger partial charge in [0.2, 0.25) is 0 Å². The maximum atomic E-state index is 12.1. The van der Waals surface area contributed by atoms with Crippen LogP contribution >= 0.6 is 0 Å². The predicted octanol–water partition coefficient (Wildman–Crippen LogP) is 4.73. The summed E-state index contributed by atoms with van der Waals surface area (Å²) >= 11 is 0. The molecule has 2 nitrogen and oxygen atoms in total. The van der Waals surface area contributed by atoms with Crippen molar-refractivity contribution in [2.45, 2.75) is 71.8 Å². The summed E-state index contributed by atoms with van der Waals surface area (Å²) in [5.74, 6) is 0.0519. The van der Waals surface area contributed by atoms with E-state index in [0.29, 0.717) is 0 Å². The van der Waals surface area contributed by atoms with E-state index in [2.05, 4.69) is 38.2 Å². The van der Waals surface area contributed by atoms with Gasteiger partial charge in [-0.3, -0.25) is 4.79 Å². The first-order valence-corrected chi connectivity index (χ1v) is 8.07. The van der Waals surface area contributed by atoms with Gasteiger partial charge >= 0.3 is 0 Å². The van der Waals surface area contributed by atoms with Gasteiger partial charge in [0.25, 0.3) is 5.91 Å². The fourth-order valence-corrected chi connectivity index (χ4v) is 2.28. The lowest BCUT2D eigenvalue weighted by Gasteiger charge is -2.13. The number of hydrogen-bond donors (Lipinski definition) is 1.